The van der Waals surface area contributed by atoms with E-state index in [2.05, 4.69) is 22.3 Å². The number of carbonyl (C=O) groups excluding carboxylic acids is 2. The Morgan fingerprint density at radius 1 is 0.966 bits per heavy atom. The highest BCUT2D eigenvalue weighted by Crippen LogP contribution is 2.22. The summed E-state index contributed by atoms with van der Waals surface area (Å²) in [7, 11) is 0. The average Bonchev–Trinajstić information content (AvgIpc) is 2.73. The van der Waals surface area contributed by atoms with E-state index >= 15 is 0 Å². The first kappa shape index (κ1) is 20.9. The van der Waals surface area contributed by atoms with Gasteiger partial charge in [-0.15, -0.1) is 0 Å². The first-order valence-electron chi connectivity index (χ1n) is 10.5. The molecule has 1 heterocycles. The van der Waals surface area contributed by atoms with Crippen molar-refractivity contribution in [3.63, 3.8) is 0 Å². The normalized spacial score (nSPS) is 13.8. The fourth-order valence-corrected chi connectivity index (χ4v) is 3.63. The lowest BCUT2D eigenvalue weighted by atomic mass is 10.1. The van der Waals surface area contributed by atoms with E-state index in [0.717, 1.165) is 24.3 Å². The van der Waals surface area contributed by atoms with Crippen LogP contribution in [0.3, 0.4) is 0 Å². The van der Waals surface area contributed by atoms with Crippen molar-refractivity contribution in [1.82, 2.24) is 4.90 Å². The fourth-order valence-electron chi connectivity index (χ4n) is 3.63. The number of nitrogens with zero attached hydrogens (tertiary/aromatic N) is 2. The van der Waals surface area contributed by atoms with Gasteiger partial charge in [-0.3, -0.25) is 9.59 Å². The molecule has 1 aliphatic heterocycles. The number of nitrogens with one attached hydrogen (secondary N) is 1. The van der Waals surface area contributed by atoms with Crippen LogP contribution in [0.15, 0.2) is 48.5 Å². The molecule has 5 nitrogen and oxygen atoms in total. The maximum Gasteiger partial charge on any atom is 0.226 e. The molecule has 1 fully saturated rings. The summed E-state index contributed by atoms with van der Waals surface area (Å²) < 4.78 is 0. The van der Waals surface area contributed by atoms with E-state index in [1.807, 2.05) is 43.3 Å². The van der Waals surface area contributed by atoms with Gasteiger partial charge >= 0.3 is 0 Å². The minimum Gasteiger partial charge on any atom is -0.372 e. The average molecular weight is 394 g/mol. The molecular weight excluding hydrogens is 362 g/mol. The summed E-state index contributed by atoms with van der Waals surface area (Å²) in [5.41, 5.74) is 4.26. The maximum absolute atomic E-state index is 12.4. The molecular formula is C24H31N3O2. The number of hydrogen-bond donors (Lipinski definition) is 1. The Kier molecular flexibility index (Phi) is 7.28. The SMILES string of the molecule is CC(=O)N(CCC(=O)Nc1ccc(N2CCCCC2)cc1)Cc1ccc(C)cc1. The topological polar surface area (TPSA) is 52.7 Å². The van der Waals surface area contributed by atoms with E-state index in [-0.39, 0.29) is 18.2 Å². The molecule has 0 aromatic heterocycles. The molecule has 0 radical (unpaired) electrons. The van der Waals surface area contributed by atoms with Crippen molar-refractivity contribution in [3.05, 3.63) is 59.7 Å². The van der Waals surface area contributed by atoms with Crippen LogP contribution in [-0.4, -0.2) is 36.3 Å². The third kappa shape index (κ3) is 6.34. The van der Waals surface area contributed by atoms with Gasteiger partial charge in [0.05, 0.1) is 0 Å². The van der Waals surface area contributed by atoms with Crippen molar-refractivity contribution in [3.8, 4) is 0 Å². The van der Waals surface area contributed by atoms with Crippen molar-refractivity contribution in [2.24, 2.45) is 0 Å². The van der Waals surface area contributed by atoms with Crippen molar-refractivity contribution in [2.75, 3.05) is 29.9 Å². The summed E-state index contributed by atoms with van der Waals surface area (Å²) in [6.45, 7) is 6.72. The lowest BCUT2D eigenvalue weighted by Crippen LogP contribution is -2.31. The maximum atomic E-state index is 12.4. The summed E-state index contributed by atoms with van der Waals surface area (Å²) in [6, 6.07) is 16.2. The second kappa shape index (κ2) is 10.1. The van der Waals surface area contributed by atoms with Crippen LogP contribution in [0, 0.1) is 6.92 Å². The van der Waals surface area contributed by atoms with Gasteiger partial charge in [-0.05, 0) is 56.0 Å². The van der Waals surface area contributed by atoms with Gasteiger partial charge in [0, 0.05) is 50.9 Å². The molecule has 0 atom stereocenters. The smallest absolute Gasteiger partial charge is 0.226 e. The van der Waals surface area contributed by atoms with Gasteiger partial charge in [0.25, 0.3) is 0 Å². The van der Waals surface area contributed by atoms with Crippen LogP contribution in [0.2, 0.25) is 0 Å². The van der Waals surface area contributed by atoms with Gasteiger partial charge in [0.2, 0.25) is 11.8 Å². The summed E-state index contributed by atoms with van der Waals surface area (Å²) in [5.74, 6) is -0.102. The van der Waals surface area contributed by atoms with Gasteiger partial charge < -0.3 is 15.1 Å². The molecule has 0 saturated carbocycles. The van der Waals surface area contributed by atoms with Crippen LogP contribution >= 0.6 is 0 Å². The molecule has 5 heteroatoms. The summed E-state index contributed by atoms with van der Waals surface area (Å²) in [6.07, 6.45) is 4.08. The third-order valence-electron chi connectivity index (χ3n) is 5.42. The van der Waals surface area contributed by atoms with Gasteiger partial charge in [-0.25, -0.2) is 0 Å². The largest absolute Gasteiger partial charge is 0.372 e. The van der Waals surface area contributed by atoms with Gasteiger partial charge in [0.15, 0.2) is 0 Å². The zero-order valence-electron chi connectivity index (χ0n) is 17.5. The molecule has 3 rings (SSSR count). The molecule has 29 heavy (non-hydrogen) atoms. The standard InChI is InChI=1S/C24H31N3O2/c1-19-6-8-21(9-7-19)18-27(20(2)28)17-14-24(29)25-22-10-12-23(13-11-22)26-15-4-3-5-16-26/h6-13H,3-5,14-18H2,1-2H3,(H,25,29). The second-order valence-corrected chi connectivity index (χ2v) is 7.82. The monoisotopic (exact) mass is 393 g/mol. The Labute approximate surface area is 173 Å². The van der Waals surface area contributed by atoms with Crippen LogP contribution in [0.4, 0.5) is 11.4 Å². The number of amides is 2. The summed E-state index contributed by atoms with van der Waals surface area (Å²) in [4.78, 5) is 28.4. The van der Waals surface area contributed by atoms with Crippen LogP contribution in [0.1, 0.15) is 43.7 Å². The number of rotatable bonds is 7. The van der Waals surface area contributed by atoms with E-state index in [1.165, 1.54) is 30.5 Å². The molecule has 2 aromatic rings. The highest BCUT2D eigenvalue weighted by molar-refractivity contribution is 5.91. The minimum absolute atomic E-state index is 0.0238. The highest BCUT2D eigenvalue weighted by atomic mass is 16.2. The first-order chi connectivity index (χ1) is 14.0. The predicted molar refractivity (Wildman–Crippen MR) is 118 cm³/mol. The number of aryl methyl sites for hydroxylation is 1. The molecule has 0 aliphatic carbocycles. The lowest BCUT2D eigenvalue weighted by Gasteiger charge is -2.28. The molecule has 2 amide bonds. The van der Waals surface area contributed by atoms with E-state index in [0.29, 0.717) is 13.1 Å². The Morgan fingerprint density at radius 2 is 1.62 bits per heavy atom. The quantitative estimate of drug-likeness (QED) is 0.760. The molecule has 2 aromatic carbocycles. The zero-order chi connectivity index (χ0) is 20.6. The lowest BCUT2D eigenvalue weighted by molar-refractivity contribution is -0.129. The fraction of sp³-hybridized carbons (Fsp3) is 0.417. The number of anilines is 2. The Balaban J connectivity index is 1.49. The molecule has 1 saturated heterocycles. The van der Waals surface area contributed by atoms with Crippen molar-refractivity contribution >= 4 is 23.2 Å². The molecule has 0 unspecified atom stereocenters. The van der Waals surface area contributed by atoms with Crippen LogP contribution in [0.25, 0.3) is 0 Å². The van der Waals surface area contributed by atoms with E-state index in [9.17, 15) is 9.59 Å². The van der Waals surface area contributed by atoms with Gasteiger partial charge in [-0.2, -0.15) is 0 Å². The summed E-state index contributed by atoms with van der Waals surface area (Å²) in [5, 5.41) is 2.94. The first-order valence-corrected chi connectivity index (χ1v) is 10.5. The van der Waals surface area contributed by atoms with Crippen LogP contribution < -0.4 is 10.2 Å². The number of benzene rings is 2. The van der Waals surface area contributed by atoms with Crippen LogP contribution in [-0.2, 0) is 16.1 Å². The molecule has 0 bridgehead atoms. The van der Waals surface area contributed by atoms with Gasteiger partial charge in [-0.1, -0.05) is 29.8 Å². The van der Waals surface area contributed by atoms with Crippen LogP contribution in [0.5, 0.6) is 0 Å². The van der Waals surface area contributed by atoms with E-state index in [1.54, 1.807) is 11.8 Å². The van der Waals surface area contributed by atoms with Crippen molar-refractivity contribution in [1.29, 1.82) is 0 Å². The number of hydrogen-bond acceptors (Lipinski definition) is 3. The Bertz CT molecular complexity index is 809. The predicted octanol–water partition coefficient (Wildman–Crippen LogP) is 4.36. The zero-order valence-corrected chi connectivity index (χ0v) is 17.5. The van der Waals surface area contributed by atoms with E-state index < -0.39 is 0 Å². The van der Waals surface area contributed by atoms with E-state index in [4.69, 9.17) is 0 Å². The van der Waals surface area contributed by atoms with Gasteiger partial charge in [0.1, 0.15) is 0 Å². The third-order valence-corrected chi connectivity index (χ3v) is 5.42. The highest BCUT2D eigenvalue weighted by Gasteiger charge is 2.13. The molecule has 0 spiro atoms. The van der Waals surface area contributed by atoms with Crippen molar-refractivity contribution in [2.45, 2.75) is 46.1 Å². The Morgan fingerprint density at radius 3 is 2.24 bits per heavy atom. The van der Waals surface area contributed by atoms with Crippen molar-refractivity contribution < 1.29 is 9.59 Å². The molecule has 1 aliphatic rings. The summed E-state index contributed by atoms with van der Waals surface area (Å²) >= 11 is 0. The minimum atomic E-state index is -0.0779. The molecule has 1 N–H and O–H groups in total. The number of carbonyl (C=O) groups is 2. The number of piperidine rings is 1. The molecule has 154 valence electrons. The Hall–Kier alpha value is -2.82. The second-order valence-electron chi connectivity index (χ2n) is 7.82.